The molecule has 2 unspecified atom stereocenters. The van der Waals surface area contributed by atoms with E-state index in [1.807, 2.05) is 29.2 Å². The number of nitrogens with zero attached hydrogens (tertiary/aromatic N) is 1. The normalized spacial score (nSPS) is 17.5. The minimum absolute atomic E-state index is 0.0284. The molecular formula is C19H26N2O5S. The Kier molecular flexibility index (Phi) is 7.97. The number of unbranched alkanes of at least 4 members (excludes halogenated alkanes) is 1. The molecule has 1 N–H and O–H groups in total. The first-order valence-corrected chi connectivity index (χ1v) is 9.91. The van der Waals surface area contributed by atoms with E-state index in [4.69, 9.17) is 9.47 Å². The molecule has 0 spiro atoms. The van der Waals surface area contributed by atoms with Gasteiger partial charge in [0.25, 0.3) is 0 Å². The van der Waals surface area contributed by atoms with Crippen molar-refractivity contribution in [2.75, 3.05) is 26.5 Å². The molecule has 2 rings (SSSR count). The van der Waals surface area contributed by atoms with E-state index in [9.17, 15) is 14.4 Å². The van der Waals surface area contributed by atoms with Crippen LogP contribution in [-0.2, 0) is 19.1 Å². The number of amides is 2. The van der Waals surface area contributed by atoms with Crippen LogP contribution in [0.2, 0.25) is 0 Å². The molecule has 1 aliphatic heterocycles. The third kappa shape index (κ3) is 5.89. The molecule has 0 aromatic heterocycles. The quantitative estimate of drug-likeness (QED) is 0.510. The highest BCUT2D eigenvalue weighted by Gasteiger charge is 2.32. The van der Waals surface area contributed by atoms with Crippen molar-refractivity contribution < 1.29 is 23.9 Å². The Balaban J connectivity index is 1.91. The van der Waals surface area contributed by atoms with Gasteiger partial charge in [-0.05, 0) is 37.0 Å². The summed E-state index contributed by atoms with van der Waals surface area (Å²) in [7, 11) is 2.92. The highest BCUT2D eigenvalue weighted by molar-refractivity contribution is 8.00. The zero-order valence-corrected chi connectivity index (χ0v) is 16.7. The average molecular weight is 394 g/mol. The largest absolute Gasteiger partial charge is 0.497 e. The van der Waals surface area contributed by atoms with Crippen molar-refractivity contribution in [3.8, 4) is 5.75 Å². The molecule has 1 saturated heterocycles. The number of esters is 1. The fraction of sp³-hybridized carbons (Fsp3) is 0.526. The molecule has 7 nitrogen and oxygen atoms in total. The first kappa shape index (κ1) is 21.1. The van der Waals surface area contributed by atoms with Gasteiger partial charge >= 0.3 is 5.97 Å². The van der Waals surface area contributed by atoms with Crippen molar-refractivity contribution in [2.24, 2.45) is 0 Å². The van der Waals surface area contributed by atoms with Gasteiger partial charge in [0.1, 0.15) is 17.2 Å². The Bertz CT molecular complexity index is 682. The third-order valence-corrected chi connectivity index (χ3v) is 5.61. The smallest absolute Gasteiger partial charge is 0.328 e. The van der Waals surface area contributed by atoms with E-state index in [1.165, 1.54) is 14.0 Å². The van der Waals surface area contributed by atoms with Crippen molar-refractivity contribution in [3.63, 3.8) is 0 Å². The summed E-state index contributed by atoms with van der Waals surface area (Å²) in [6.07, 6.45) is 1.91. The van der Waals surface area contributed by atoms with Gasteiger partial charge in [0.2, 0.25) is 11.8 Å². The fourth-order valence-electron chi connectivity index (χ4n) is 3.03. The van der Waals surface area contributed by atoms with Crippen LogP contribution in [0.15, 0.2) is 24.3 Å². The van der Waals surface area contributed by atoms with Crippen molar-refractivity contribution >= 4 is 29.5 Å². The predicted molar refractivity (Wildman–Crippen MR) is 103 cm³/mol. The number of benzene rings is 1. The topological polar surface area (TPSA) is 84.9 Å². The van der Waals surface area contributed by atoms with E-state index < -0.39 is 12.0 Å². The summed E-state index contributed by atoms with van der Waals surface area (Å²) in [6, 6.07) is 7.10. The molecule has 1 fully saturated rings. The number of thioether (sulfide) groups is 1. The van der Waals surface area contributed by atoms with E-state index in [-0.39, 0.29) is 17.2 Å². The number of ether oxygens (including phenoxy) is 2. The lowest BCUT2D eigenvalue weighted by Crippen LogP contribution is -2.40. The van der Waals surface area contributed by atoms with Gasteiger partial charge in [0.05, 0.1) is 20.0 Å². The molecule has 1 aromatic carbocycles. The lowest BCUT2D eigenvalue weighted by atomic mass is 10.1. The Morgan fingerprint density at radius 2 is 2.11 bits per heavy atom. The highest BCUT2D eigenvalue weighted by Crippen LogP contribution is 2.39. The maximum atomic E-state index is 12.3. The van der Waals surface area contributed by atoms with Gasteiger partial charge in [-0.25, -0.2) is 4.79 Å². The van der Waals surface area contributed by atoms with E-state index in [0.29, 0.717) is 25.1 Å². The lowest BCUT2D eigenvalue weighted by Gasteiger charge is -2.25. The molecule has 0 radical (unpaired) electrons. The molecular weight excluding hydrogens is 368 g/mol. The maximum absolute atomic E-state index is 12.3. The van der Waals surface area contributed by atoms with Crippen LogP contribution < -0.4 is 10.1 Å². The lowest BCUT2D eigenvalue weighted by molar-refractivity contribution is -0.145. The van der Waals surface area contributed by atoms with Gasteiger partial charge < -0.3 is 19.7 Å². The van der Waals surface area contributed by atoms with Crippen LogP contribution in [0.4, 0.5) is 0 Å². The van der Waals surface area contributed by atoms with E-state index in [2.05, 4.69) is 5.32 Å². The van der Waals surface area contributed by atoms with Crippen LogP contribution in [0, 0.1) is 0 Å². The fourth-order valence-corrected chi connectivity index (χ4v) is 4.24. The predicted octanol–water partition coefficient (Wildman–Crippen LogP) is 2.12. The molecule has 2 amide bonds. The second-order valence-corrected chi connectivity index (χ2v) is 7.37. The molecule has 8 heteroatoms. The average Bonchev–Trinajstić information content (AvgIpc) is 3.03. The summed E-state index contributed by atoms with van der Waals surface area (Å²) >= 11 is 1.60. The number of carbonyl (C=O) groups excluding carboxylic acids is 3. The number of nitrogens with one attached hydrogen (secondary N) is 1. The van der Waals surface area contributed by atoms with Crippen molar-refractivity contribution in [2.45, 2.75) is 37.6 Å². The highest BCUT2D eigenvalue weighted by atomic mass is 32.2. The Hall–Kier alpha value is -2.22. The molecule has 0 bridgehead atoms. The molecule has 0 saturated carbocycles. The second kappa shape index (κ2) is 10.2. The van der Waals surface area contributed by atoms with Crippen LogP contribution in [0.25, 0.3) is 0 Å². The standard InChI is InChI=1S/C19H26N2O5S/c1-13(22)20-16(19(24)26-3)9-4-5-10-21-17(23)12-27-18(21)14-7-6-8-15(11-14)25-2/h6-8,11,16,18H,4-5,9-10,12H2,1-3H3,(H,20,22). The van der Waals surface area contributed by atoms with Crippen molar-refractivity contribution in [3.05, 3.63) is 29.8 Å². The summed E-state index contributed by atoms with van der Waals surface area (Å²) < 4.78 is 10.00. The summed E-state index contributed by atoms with van der Waals surface area (Å²) in [5.74, 6) is 0.614. The van der Waals surface area contributed by atoms with Crippen LogP contribution in [0.5, 0.6) is 5.75 Å². The Labute approximate surface area is 163 Å². The van der Waals surface area contributed by atoms with E-state index in [1.54, 1.807) is 18.9 Å². The molecule has 27 heavy (non-hydrogen) atoms. The molecule has 0 aliphatic carbocycles. The second-order valence-electron chi connectivity index (χ2n) is 6.30. The zero-order chi connectivity index (χ0) is 19.8. The van der Waals surface area contributed by atoms with Gasteiger partial charge in [0.15, 0.2) is 0 Å². The van der Waals surface area contributed by atoms with E-state index in [0.717, 1.165) is 17.7 Å². The number of methoxy groups -OCH3 is 2. The molecule has 1 aliphatic rings. The van der Waals surface area contributed by atoms with Gasteiger partial charge in [0, 0.05) is 13.5 Å². The minimum atomic E-state index is -0.648. The minimum Gasteiger partial charge on any atom is -0.497 e. The summed E-state index contributed by atoms with van der Waals surface area (Å²) in [6.45, 7) is 1.97. The first-order valence-electron chi connectivity index (χ1n) is 8.86. The van der Waals surface area contributed by atoms with Crippen molar-refractivity contribution in [1.29, 1.82) is 0 Å². The summed E-state index contributed by atoms with van der Waals surface area (Å²) in [4.78, 5) is 37.1. The van der Waals surface area contributed by atoms with Crippen LogP contribution in [0.1, 0.15) is 37.1 Å². The van der Waals surface area contributed by atoms with Crippen LogP contribution in [-0.4, -0.2) is 55.2 Å². The van der Waals surface area contributed by atoms with E-state index >= 15 is 0 Å². The Morgan fingerprint density at radius 1 is 1.33 bits per heavy atom. The number of carbonyl (C=O) groups is 3. The third-order valence-electron chi connectivity index (χ3n) is 4.35. The van der Waals surface area contributed by atoms with Gasteiger partial charge in [-0.1, -0.05) is 12.1 Å². The monoisotopic (exact) mass is 394 g/mol. The van der Waals surface area contributed by atoms with Gasteiger partial charge in [-0.3, -0.25) is 9.59 Å². The Morgan fingerprint density at radius 3 is 2.78 bits per heavy atom. The zero-order valence-electron chi connectivity index (χ0n) is 15.9. The molecule has 2 atom stereocenters. The van der Waals surface area contributed by atoms with Gasteiger partial charge in [-0.15, -0.1) is 11.8 Å². The SMILES string of the molecule is COC(=O)C(CCCCN1C(=O)CSC1c1cccc(OC)c1)NC(C)=O. The maximum Gasteiger partial charge on any atom is 0.328 e. The molecule has 1 aromatic rings. The summed E-state index contributed by atoms with van der Waals surface area (Å²) in [5.41, 5.74) is 1.04. The number of hydrogen-bond donors (Lipinski definition) is 1. The number of hydrogen-bond acceptors (Lipinski definition) is 6. The van der Waals surface area contributed by atoms with Crippen molar-refractivity contribution in [1.82, 2.24) is 10.2 Å². The number of rotatable bonds is 9. The molecule has 148 valence electrons. The first-order chi connectivity index (χ1) is 13.0. The van der Waals surface area contributed by atoms with Gasteiger partial charge in [-0.2, -0.15) is 0 Å². The molecule has 1 heterocycles. The summed E-state index contributed by atoms with van der Waals surface area (Å²) in [5, 5.41) is 2.57. The van der Waals surface area contributed by atoms with Crippen LogP contribution in [0.3, 0.4) is 0 Å². The van der Waals surface area contributed by atoms with Crippen LogP contribution >= 0.6 is 11.8 Å².